The zero-order valence-corrected chi connectivity index (χ0v) is 13.1. The molecule has 0 radical (unpaired) electrons. The molecular weight excluding hydrogens is 356 g/mol. The number of sulfone groups is 1. The third-order valence-corrected chi connectivity index (χ3v) is 6.50. The molecule has 1 aliphatic rings. The lowest BCUT2D eigenvalue weighted by Gasteiger charge is -2.22. The molecule has 1 aromatic heterocycles. The van der Waals surface area contributed by atoms with Gasteiger partial charge in [-0.3, -0.25) is 4.98 Å². The first kappa shape index (κ1) is 14.9. The van der Waals surface area contributed by atoms with Crippen molar-refractivity contribution in [1.82, 2.24) is 9.71 Å². The molecule has 1 saturated heterocycles. The fraction of sp³-hybridized carbons (Fsp3) is 0.500. The van der Waals surface area contributed by atoms with E-state index in [-0.39, 0.29) is 22.4 Å². The van der Waals surface area contributed by atoms with Crippen LogP contribution in [-0.4, -0.2) is 39.4 Å². The van der Waals surface area contributed by atoms with Crippen molar-refractivity contribution in [3.05, 3.63) is 22.9 Å². The first-order chi connectivity index (χ1) is 8.78. The van der Waals surface area contributed by atoms with Crippen LogP contribution in [0.15, 0.2) is 27.8 Å². The summed E-state index contributed by atoms with van der Waals surface area (Å²) in [6.45, 7) is 0. The van der Waals surface area contributed by atoms with Gasteiger partial charge in [0.15, 0.2) is 0 Å². The highest BCUT2D eigenvalue weighted by atomic mass is 79.9. The van der Waals surface area contributed by atoms with Gasteiger partial charge < -0.3 is 0 Å². The molecule has 9 heteroatoms. The van der Waals surface area contributed by atoms with Crippen LogP contribution in [0.25, 0.3) is 0 Å². The second-order valence-electron chi connectivity index (χ2n) is 4.39. The minimum absolute atomic E-state index is 0.0247. The fourth-order valence-electron chi connectivity index (χ4n) is 1.83. The number of nitrogens with one attached hydrogen (secondary N) is 1. The van der Waals surface area contributed by atoms with E-state index >= 15 is 0 Å². The van der Waals surface area contributed by atoms with Crippen molar-refractivity contribution in [3.63, 3.8) is 0 Å². The first-order valence-electron chi connectivity index (χ1n) is 5.62. The fourth-order valence-corrected chi connectivity index (χ4v) is 5.13. The second-order valence-corrected chi connectivity index (χ2v) is 9.32. The van der Waals surface area contributed by atoms with Crippen LogP contribution in [0.5, 0.6) is 0 Å². The number of sulfonamides is 1. The van der Waals surface area contributed by atoms with E-state index in [1.54, 1.807) is 0 Å². The van der Waals surface area contributed by atoms with E-state index in [0.717, 1.165) is 0 Å². The molecule has 2 rings (SSSR count). The summed E-state index contributed by atoms with van der Waals surface area (Å²) >= 11 is 3.16. The Morgan fingerprint density at radius 2 is 1.89 bits per heavy atom. The monoisotopic (exact) mass is 368 g/mol. The van der Waals surface area contributed by atoms with Crippen LogP contribution in [0, 0.1) is 0 Å². The van der Waals surface area contributed by atoms with Gasteiger partial charge in [-0.25, -0.2) is 21.6 Å². The number of hydrogen-bond donors (Lipinski definition) is 1. The normalized spacial score (nSPS) is 20.3. The van der Waals surface area contributed by atoms with E-state index in [1.165, 1.54) is 18.5 Å². The molecule has 0 spiro atoms. The van der Waals surface area contributed by atoms with Gasteiger partial charge in [0.2, 0.25) is 10.0 Å². The smallest absolute Gasteiger partial charge is 0.242 e. The Hall–Kier alpha value is -0.510. The molecule has 0 atom stereocenters. The lowest BCUT2D eigenvalue weighted by atomic mass is 10.2. The van der Waals surface area contributed by atoms with Crippen LogP contribution in [0.1, 0.15) is 12.8 Å². The zero-order valence-electron chi connectivity index (χ0n) is 9.91. The van der Waals surface area contributed by atoms with Crippen LogP contribution in [-0.2, 0) is 19.9 Å². The lowest BCUT2D eigenvalue weighted by molar-refractivity contribution is 0.505. The average Bonchev–Trinajstić information content (AvgIpc) is 2.32. The molecule has 0 unspecified atom stereocenters. The quantitative estimate of drug-likeness (QED) is 0.847. The third-order valence-electron chi connectivity index (χ3n) is 2.87. The number of rotatable bonds is 3. The summed E-state index contributed by atoms with van der Waals surface area (Å²) in [5, 5.41) is 0. The first-order valence-corrected chi connectivity index (χ1v) is 9.72. The highest BCUT2D eigenvalue weighted by molar-refractivity contribution is 9.10. The Kier molecular flexibility index (Phi) is 4.29. The van der Waals surface area contributed by atoms with Crippen molar-refractivity contribution in [3.8, 4) is 0 Å². The predicted molar refractivity (Wildman–Crippen MR) is 73.9 cm³/mol. The van der Waals surface area contributed by atoms with Crippen molar-refractivity contribution >= 4 is 35.8 Å². The Balaban J connectivity index is 2.11. The topological polar surface area (TPSA) is 93.2 Å². The van der Waals surface area contributed by atoms with Crippen LogP contribution < -0.4 is 4.72 Å². The van der Waals surface area contributed by atoms with Crippen LogP contribution in [0.4, 0.5) is 0 Å². The molecule has 0 aromatic carbocycles. The van der Waals surface area contributed by atoms with Gasteiger partial charge in [-0.2, -0.15) is 0 Å². The standard InChI is InChI=1S/C10H13BrN2O4S2/c11-8-5-10(7-12-6-8)19(16,17)13-9-1-3-18(14,15)4-2-9/h5-7,9,13H,1-4H2. The minimum atomic E-state index is -3.66. The summed E-state index contributed by atoms with van der Waals surface area (Å²) in [6, 6.07) is 1.11. The van der Waals surface area contributed by atoms with Gasteiger partial charge in [-0.05, 0) is 34.8 Å². The molecule has 19 heavy (non-hydrogen) atoms. The van der Waals surface area contributed by atoms with Gasteiger partial charge in [-0.15, -0.1) is 0 Å². The summed E-state index contributed by atoms with van der Waals surface area (Å²) in [4.78, 5) is 3.87. The molecule has 2 heterocycles. The van der Waals surface area contributed by atoms with Crippen LogP contribution in [0.2, 0.25) is 0 Å². The van der Waals surface area contributed by atoms with Crippen molar-refractivity contribution in [2.45, 2.75) is 23.8 Å². The molecule has 1 N–H and O–H groups in total. The molecule has 0 saturated carbocycles. The van der Waals surface area contributed by atoms with E-state index in [2.05, 4.69) is 25.6 Å². The number of halogens is 1. The van der Waals surface area contributed by atoms with Crippen molar-refractivity contribution < 1.29 is 16.8 Å². The van der Waals surface area contributed by atoms with E-state index in [4.69, 9.17) is 0 Å². The number of aromatic nitrogens is 1. The largest absolute Gasteiger partial charge is 0.262 e. The molecule has 106 valence electrons. The summed E-state index contributed by atoms with van der Waals surface area (Å²) in [6.07, 6.45) is 3.37. The van der Waals surface area contributed by atoms with E-state index in [1.807, 2.05) is 0 Å². The lowest BCUT2D eigenvalue weighted by Crippen LogP contribution is -2.40. The average molecular weight is 369 g/mol. The van der Waals surface area contributed by atoms with Crippen LogP contribution >= 0.6 is 15.9 Å². The van der Waals surface area contributed by atoms with Gasteiger partial charge in [0.1, 0.15) is 14.7 Å². The summed E-state index contributed by atoms with van der Waals surface area (Å²) in [5.74, 6) is 0.0494. The van der Waals surface area contributed by atoms with Gasteiger partial charge in [0.05, 0.1) is 11.5 Å². The van der Waals surface area contributed by atoms with E-state index in [9.17, 15) is 16.8 Å². The van der Waals surface area contributed by atoms with Crippen molar-refractivity contribution in [1.29, 1.82) is 0 Å². The molecule has 1 aromatic rings. The second kappa shape index (κ2) is 5.47. The maximum Gasteiger partial charge on any atom is 0.242 e. The Morgan fingerprint density at radius 3 is 2.47 bits per heavy atom. The predicted octanol–water partition coefficient (Wildman–Crippen LogP) is 0.700. The third kappa shape index (κ3) is 3.98. The zero-order chi connectivity index (χ0) is 14.1. The van der Waals surface area contributed by atoms with Gasteiger partial charge in [0.25, 0.3) is 0 Å². The highest BCUT2D eigenvalue weighted by Crippen LogP contribution is 2.18. The number of hydrogen-bond acceptors (Lipinski definition) is 5. The maximum atomic E-state index is 12.1. The Morgan fingerprint density at radius 1 is 1.26 bits per heavy atom. The highest BCUT2D eigenvalue weighted by Gasteiger charge is 2.27. The van der Waals surface area contributed by atoms with Crippen molar-refractivity contribution in [2.24, 2.45) is 0 Å². The molecule has 0 amide bonds. The SMILES string of the molecule is O=S1(=O)CCC(NS(=O)(=O)c2cncc(Br)c2)CC1. The summed E-state index contributed by atoms with van der Waals surface area (Å²) in [5.41, 5.74) is 0. The number of pyridine rings is 1. The summed E-state index contributed by atoms with van der Waals surface area (Å²) in [7, 11) is -6.65. The minimum Gasteiger partial charge on any atom is -0.262 e. The maximum absolute atomic E-state index is 12.1. The summed E-state index contributed by atoms with van der Waals surface area (Å²) < 4.78 is 49.8. The molecule has 6 nitrogen and oxygen atoms in total. The van der Waals surface area contributed by atoms with Gasteiger partial charge in [0, 0.05) is 22.9 Å². The molecule has 0 bridgehead atoms. The molecule has 1 aliphatic heterocycles. The Labute approximate surface area is 120 Å². The molecule has 0 aliphatic carbocycles. The Bertz CT molecular complexity index is 659. The van der Waals surface area contributed by atoms with Gasteiger partial charge in [-0.1, -0.05) is 0 Å². The molecule has 1 fully saturated rings. The number of nitrogens with zero attached hydrogens (tertiary/aromatic N) is 1. The molecular formula is C10H13BrN2O4S2. The van der Waals surface area contributed by atoms with E-state index < -0.39 is 19.9 Å². The van der Waals surface area contributed by atoms with Gasteiger partial charge >= 0.3 is 0 Å². The van der Waals surface area contributed by atoms with E-state index in [0.29, 0.717) is 17.3 Å². The van der Waals surface area contributed by atoms with Crippen LogP contribution in [0.3, 0.4) is 0 Å². The van der Waals surface area contributed by atoms with Crippen molar-refractivity contribution in [2.75, 3.05) is 11.5 Å².